The summed E-state index contributed by atoms with van der Waals surface area (Å²) in [5.74, 6) is 0. The van der Waals surface area contributed by atoms with Gasteiger partial charge in [0.1, 0.15) is 0 Å². The van der Waals surface area contributed by atoms with E-state index >= 15 is 0 Å². The fourth-order valence-corrected chi connectivity index (χ4v) is 2.25. The van der Waals surface area contributed by atoms with E-state index in [1.165, 1.54) is 5.56 Å². The Morgan fingerprint density at radius 3 is 3.00 bits per heavy atom. The minimum absolute atomic E-state index is 0.401. The van der Waals surface area contributed by atoms with Crippen molar-refractivity contribution in [1.29, 1.82) is 0 Å². The highest BCUT2D eigenvalue weighted by atomic mass is 32.1. The van der Waals surface area contributed by atoms with Crippen LogP contribution in [0.1, 0.15) is 29.2 Å². The summed E-state index contributed by atoms with van der Waals surface area (Å²) >= 11 is 1.70. The quantitative estimate of drug-likeness (QED) is 0.882. The van der Waals surface area contributed by atoms with Gasteiger partial charge < -0.3 is 9.88 Å². The molecule has 0 amide bonds. The van der Waals surface area contributed by atoms with Crippen molar-refractivity contribution in [2.24, 2.45) is 0 Å². The number of nitrogens with one attached hydrogen (secondary N) is 1. The Balaban J connectivity index is 2.08. The Hall–Kier alpha value is -1.13. The molecule has 0 bridgehead atoms. The molecule has 0 radical (unpaired) electrons. The number of thiazole rings is 1. The van der Waals surface area contributed by atoms with Crippen LogP contribution in [0.3, 0.4) is 0 Å². The van der Waals surface area contributed by atoms with Gasteiger partial charge in [0.15, 0.2) is 0 Å². The van der Waals surface area contributed by atoms with Gasteiger partial charge in [-0.1, -0.05) is 0 Å². The first-order chi connectivity index (χ1) is 7.69. The van der Waals surface area contributed by atoms with Crippen LogP contribution >= 0.6 is 11.3 Å². The lowest BCUT2D eigenvalue weighted by Crippen LogP contribution is -2.11. The largest absolute Gasteiger partial charge is 0.348 e. The van der Waals surface area contributed by atoms with Crippen molar-refractivity contribution < 1.29 is 0 Å². The van der Waals surface area contributed by atoms with Gasteiger partial charge in [0.2, 0.25) is 0 Å². The highest BCUT2D eigenvalue weighted by Gasteiger charge is 2.05. The van der Waals surface area contributed by atoms with Crippen LogP contribution < -0.4 is 5.32 Å². The third kappa shape index (κ3) is 2.51. The van der Waals surface area contributed by atoms with Crippen LogP contribution in [0.4, 0.5) is 0 Å². The van der Waals surface area contributed by atoms with E-state index in [0.717, 1.165) is 17.2 Å². The van der Waals surface area contributed by atoms with Crippen molar-refractivity contribution in [2.75, 3.05) is 7.05 Å². The van der Waals surface area contributed by atoms with E-state index in [-0.39, 0.29) is 0 Å². The maximum Gasteiger partial charge on any atom is 0.0898 e. The van der Waals surface area contributed by atoms with Crippen molar-refractivity contribution in [1.82, 2.24) is 14.9 Å². The minimum atomic E-state index is 0.401. The normalized spacial score (nSPS) is 12.9. The standard InChI is InChI=1S/C12H17N3S/c1-9(13-3)11-4-5-15(6-11)7-12-8-16-10(2)14-12/h4-6,8-9,13H,7H2,1-3H3. The Morgan fingerprint density at radius 1 is 1.56 bits per heavy atom. The average Bonchev–Trinajstić information content (AvgIpc) is 2.87. The van der Waals surface area contributed by atoms with Gasteiger partial charge in [0.05, 0.1) is 17.2 Å². The Bertz CT molecular complexity index is 458. The average molecular weight is 235 g/mol. The van der Waals surface area contributed by atoms with Crippen LogP contribution in [0.15, 0.2) is 23.8 Å². The van der Waals surface area contributed by atoms with E-state index in [0.29, 0.717) is 6.04 Å². The first-order valence-corrected chi connectivity index (χ1v) is 6.31. The highest BCUT2D eigenvalue weighted by molar-refractivity contribution is 7.09. The number of hydrogen-bond acceptors (Lipinski definition) is 3. The predicted molar refractivity (Wildman–Crippen MR) is 67.9 cm³/mol. The fraction of sp³-hybridized carbons (Fsp3) is 0.417. The summed E-state index contributed by atoms with van der Waals surface area (Å²) in [5.41, 5.74) is 2.45. The summed E-state index contributed by atoms with van der Waals surface area (Å²) in [5, 5.41) is 6.49. The highest BCUT2D eigenvalue weighted by Crippen LogP contribution is 2.14. The molecule has 1 atom stereocenters. The number of aromatic nitrogens is 2. The lowest BCUT2D eigenvalue weighted by molar-refractivity contribution is 0.648. The maximum atomic E-state index is 4.46. The van der Waals surface area contributed by atoms with Crippen LogP contribution in [-0.4, -0.2) is 16.6 Å². The van der Waals surface area contributed by atoms with Gasteiger partial charge in [-0.05, 0) is 32.5 Å². The van der Waals surface area contributed by atoms with Crippen molar-refractivity contribution >= 4 is 11.3 Å². The minimum Gasteiger partial charge on any atom is -0.348 e. The maximum absolute atomic E-state index is 4.46. The van der Waals surface area contributed by atoms with Gasteiger partial charge in [0, 0.05) is 23.8 Å². The predicted octanol–water partition coefficient (Wildman–Crippen LogP) is 2.58. The summed E-state index contributed by atoms with van der Waals surface area (Å²) in [6, 6.07) is 2.55. The van der Waals surface area contributed by atoms with Gasteiger partial charge >= 0.3 is 0 Å². The van der Waals surface area contributed by atoms with Crippen molar-refractivity contribution in [3.8, 4) is 0 Å². The van der Waals surface area contributed by atoms with E-state index in [2.05, 4.69) is 45.6 Å². The van der Waals surface area contributed by atoms with Crippen molar-refractivity contribution in [3.05, 3.63) is 40.1 Å². The van der Waals surface area contributed by atoms with Gasteiger partial charge in [-0.15, -0.1) is 11.3 Å². The SMILES string of the molecule is CNC(C)c1ccn(Cc2csc(C)n2)c1. The first kappa shape index (κ1) is 11.4. The smallest absolute Gasteiger partial charge is 0.0898 e. The van der Waals surface area contributed by atoms with Crippen LogP contribution in [0.2, 0.25) is 0 Å². The van der Waals surface area contributed by atoms with Crippen molar-refractivity contribution in [2.45, 2.75) is 26.4 Å². The third-order valence-electron chi connectivity index (χ3n) is 2.72. The molecule has 86 valence electrons. The Morgan fingerprint density at radius 2 is 2.38 bits per heavy atom. The summed E-state index contributed by atoms with van der Waals surface area (Å²) < 4.78 is 2.18. The number of hydrogen-bond donors (Lipinski definition) is 1. The molecule has 2 rings (SSSR count). The molecular weight excluding hydrogens is 218 g/mol. The number of nitrogens with zero attached hydrogens (tertiary/aromatic N) is 2. The molecule has 3 nitrogen and oxygen atoms in total. The van der Waals surface area contributed by atoms with Gasteiger partial charge in [-0.2, -0.15) is 0 Å². The molecule has 0 aromatic carbocycles. The molecule has 0 aliphatic rings. The second kappa shape index (κ2) is 4.80. The third-order valence-corrected chi connectivity index (χ3v) is 3.54. The van der Waals surface area contributed by atoms with Crippen molar-refractivity contribution in [3.63, 3.8) is 0 Å². The molecule has 4 heteroatoms. The molecule has 0 spiro atoms. The molecular formula is C12H17N3S. The summed E-state index contributed by atoms with van der Waals surface area (Å²) in [6.45, 7) is 5.06. The lowest BCUT2D eigenvalue weighted by atomic mass is 10.2. The molecule has 2 heterocycles. The molecule has 0 aliphatic heterocycles. The summed E-state index contributed by atoms with van der Waals surface area (Å²) in [7, 11) is 1.98. The zero-order valence-electron chi connectivity index (χ0n) is 9.90. The Kier molecular flexibility index (Phi) is 3.41. The summed E-state index contributed by atoms with van der Waals surface area (Å²) in [6.07, 6.45) is 4.29. The van der Waals surface area contributed by atoms with E-state index in [9.17, 15) is 0 Å². The van der Waals surface area contributed by atoms with Crippen LogP contribution in [0.25, 0.3) is 0 Å². The lowest BCUT2D eigenvalue weighted by Gasteiger charge is -2.06. The molecule has 0 saturated heterocycles. The zero-order valence-corrected chi connectivity index (χ0v) is 10.7. The van der Waals surface area contributed by atoms with Gasteiger partial charge in [-0.3, -0.25) is 0 Å². The zero-order chi connectivity index (χ0) is 11.5. The van der Waals surface area contributed by atoms with E-state index in [4.69, 9.17) is 0 Å². The van der Waals surface area contributed by atoms with E-state index < -0.39 is 0 Å². The number of rotatable bonds is 4. The second-order valence-electron chi connectivity index (χ2n) is 3.99. The molecule has 16 heavy (non-hydrogen) atoms. The van der Waals surface area contributed by atoms with Crippen LogP contribution in [0.5, 0.6) is 0 Å². The monoisotopic (exact) mass is 235 g/mol. The molecule has 0 saturated carbocycles. The Labute approximate surface area is 100 Å². The topological polar surface area (TPSA) is 29.9 Å². The van der Waals surface area contributed by atoms with Gasteiger partial charge in [0.25, 0.3) is 0 Å². The molecule has 1 unspecified atom stereocenters. The fourth-order valence-electron chi connectivity index (χ4n) is 1.65. The van der Waals surface area contributed by atoms with Crippen LogP contribution in [0, 0.1) is 6.92 Å². The van der Waals surface area contributed by atoms with E-state index in [1.807, 2.05) is 14.0 Å². The molecule has 0 aliphatic carbocycles. The molecule has 0 fully saturated rings. The number of aryl methyl sites for hydroxylation is 1. The summed E-state index contributed by atoms with van der Waals surface area (Å²) in [4.78, 5) is 4.46. The first-order valence-electron chi connectivity index (χ1n) is 5.43. The second-order valence-corrected chi connectivity index (χ2v) is 5.05. The van der Waals surface area contributed by atoms with Crippen LogP contribution in [-0.2, 0) is 6.54 Å². The molecule has 2 aromatic rings. The van der Waals surface area contributed by atoms with E-state index in [1.54, 1.807) is 11.3 Å². The molecule has 1 N–H and O–H groups in total. The van der Waals surface area contributed by atoms with Gasteiger partial charge in [-0.25, -0.2) is 4.98 Å². The molecule has 2 aromatic heterocycles.